The highest BCUT2D eigenvalue weighted by Crippen LogP contribution is 2.28. The van der Waals surface area contributed by atoms with Gasteiger partial charge < -0.3 is 19.5 Å². The van der Waals surface area contributed by atoms with Crippen LogP contribution in [0, 0.1) is 0 Å². The van der Waals surface area contributed by atoms with Gasteiger partial charge in [0.2, 0.25) is 0 Å². The third kappa shape index (κ3) is 5.06. The zero-order chi connectivity index (χ0) is 15.6. The van der Waals surface area contributed by atoms with E-state index in [4.69, 9.17) is 14.2 Å². The molecule has 0 bridgehead atoms. The normalized spacial score (nSPS) is 10.5. The van der Waals surface area contributed by atoms with Crippen molar-refractivity contribution in [1.82, 2.24) is 5.32 Å². The Morgan fingerprint density at radius 2 is 1.73 bits per heavy atom. The van der Waals surface area contributed by atoms with Crippen molar-refractivity contribution in [3.63, 3.8) is 0 Å². The van der Waals surface area contributed by atoms with Crippen LogP contribution in [0.5, 0.6) is 11.5 Å². The van der Waals surface area contributed by atoms with Gasteiger partial charge in [0.05, 0.1) is 13.7 Å². The minimum atomic E-state index is 0.530. The second-order valence-electron chi connectivity index (χ2n) is 4.93. The molecular weight excluding hydrogens is 278 g/mol. The standard InChI is InChI=1S/C18H23NO3/c1-20-11-10-19-13-16-8-9-17(18(12-16)21-2)22-14-15-6-4-3-5-7-15/h3-9,12,19H,10-11,13-14H2,1-2H3. The SMILES string of the molecule is COCCNCc1ccc(OCc2ccccc2)c(OC)c1. The molecule has 1 N–H and O–H groups in total. The zero-order valence-corrected chi connectivity index (χ0v) is 13.2. The van der Waals surface area contributed by atoms with Gasteiger partial charge in [-0.25, -0.2) is 0 Å². The van der Waals surface area contributed by atoms with Gasteiger partial charge in [0.15, 0.2) is 11.5 Å². The molecule has 118 valence electrons. The summed E-state index contributed by atoms with van der Waals surface area (Å²) in [5.74, 6) is 1.51. The van der Waals surface area contributed by atoms with E-state index >= 15 is 0 Å². The second kappa shape index (κ2) is 9.07. The van der Waals surface area contributed by atoms with Gasteiger partial charge in [-0.1, -0.05) is 36.4 Å². The summed E-state index contributed by atoms with van der Waals surface area (Å²) < 4.78 is 16.3. The van der Waals surface area contributed by atoms with Crippen LogP contribution in [0.25, 0.3) is 0 Å². The van der Waals surface area contributed by atoms with Crippen molar-refractivity contribution in [2.24, 2.45) is 0 Å². The Labute approximate surface area is 132 Å². The molecule has 0 amide bonds. The molecule has 2 aromatic rings. The highest BCUT2D eigenvalue weighted by Gasteiger charge is 2.06. The maximum atomic E-state index is 5.85. The van der Waals surface area contributed by atoms with Gasteiger partial charge in [0.25, 0.3) is 0 Å². The van der Waals surface area contributed by atoms with Crippen molar-refractivity contribution in [1.29, 1.82) is 0 Å². The van der Waals surface area contributed by atoms with Crippen molar-refractivity contribution in [3.05, 3.63) is 59.7 Å². The van der Waals surface area contributed by atoms with E-state index in [0.29, 0.717) is 13.2 Å². The van der Waals surface area contributed by atoms with Gasteiger partial charge in [-0.05, 0) is 23.3 Å². The molecule has 0 aromatic heterocycles. The lowest BCUT2D eigenvalue weighted by atomic mass is 10.2. The van der Waals surface area contributed by atoms with E-state index in [1.54, 1.807) is 14.2 Å². The Balaban J connectivity index is 1.93. The summed E-state index contributed by atoms with van der Waals surface area (Å²) in [5.41, 5.74) is 2.29. The monoisotopic (exact) mass is 301 g/mol. The van der Waals surface area contributed by atoms with E-state index in [9.17, 15) is 0 Å². The molecule has 4 nitrogen and oxygen atoms in total. The molecule has 0 atom stereocenters. The average molecular weight is 301 g/mol. The Kier molecular flexibility index (Phi) is 6.74. The average Bonchev–Trinajstić information content (AvgIpc) is 2.58. The van der Waals surface area contributed by atoms with Crippen LogP contribution in [0.3, 0.4) is 0 Å². The third-order valence-electron chi connectivity index (χ3n) is 3.28. The van der Waals surface area contributed by atoms with Crippen LogP contribution >= 0.6 is 0 Å². The number of rotatable bonds is 9. The number of benzene rings is 2. The van der Waals surface area contributed by atoms with E-state index in [-0.39, 0.29) is 0 Å². The molecule has 4 heteroatoms. The Morgan fingerprint density at radius 3 is 2.45 bits per heavy atom. The summed E-state index contributed by atoms with van der Waals surface area (Å²) in [6, 6.07) is 16.1. The molecule has 0 saturated heterocycles. The molecule has 22 heavy (non-hydrogen) atoms. The lowest BCUT2D eigenvalue weighted by Gasteiger charge is -2.12. The summed E-state index contributed by atoms with van der Waals surface area (Å²) in [5, 5.41) is 3.31. The fourth-order valence-corrected chi connectivity index (χ4v) is 2.08. The molecule has 0 fully saturated rings. The predicted octanol–water partition coefficient (Wildman–Crippen LogP) is 3.01. The van der Waals surface area contributed by atoms with Crippen molar-refractivity contribution in [3.8, 4) is 11.5 Å². The predicted molar refractivity (Wildman–Crippen MR) is 87.4 cm³/mol. The minimum Gasteiger partial charge on any atom is -0.493 e. The van der Waals surface area contributed by atoms with E-state index < -0.39 is 0 Å². The summed E-state index contributed by atoms with van der Waals surface area (Å²) in [6.07, 6.45) is 0. The van der Waals surface area contributed by atoms with Crippen molar-refractivity contribution >= 4 is 0 Å². The number of hydrogen-bond donors (Lipinski definition) is 1. The molecule has 0 aliphatic heterocycles. The maximum absolute atomic E-state index is 5.85. The first kappa shape index (κ1) is 16.3. The van der Waals surface area contributed by atoms with Crippen LogP contribution in [0.4, 0.5) is 0 Å². The van der Waals surface area contributed by atoms with Crippen LogP contribution in [0.1, 0.15) is 11.1 Å². The van der Waals surface area contributed by atoms with Crippen molar-refractivity contribution in [2.45, 2.75) is 13.2 Å². The Bertz CT molecular complexity index is 558. The van der Waals surface area contributed by atoms with Crippen LogP contribution in [-0.4, -0.2) is 27.4 Å². The molecule has 0 unspecified atom stereocenters. The highest BCUT2D eigenvalue weighted by atomic mass is 16.5. The molecule has 0 aliphatic carbocycles. The lowest BCUT2D eigenvalue weighted by Crippen LogP contribution is -2.18. The second-order valence-corrected chi connectivity index (χ2v) is 4.93. The zero-order valence-electron chi connectivity index (χ0n) is 13.2. The van der Waals surface area contributed by atoms with Crippen LogP contribution < -0.4 is 14.8 Å². The minimum absolute atomic E-state index is 0.530. The summed E-state index contributed by atoms with van der Waals surface area (Å²) in [4.78, 5) is 0. The van der Waals surface area contributed by atoms with Gasteiger partial charge in [-0.15, -0.1) is 0 Å². The molecule has 0 spiro atoms. The number of hydrogen-bond acceptors (Lipinski definition) is 4. The van der Waals surface area contributed by atoms with Crippen molar-refractivity contribution in [2.75, 3.05) is 27.4 Å². The van der Waals surface area contributed by atoms with Crippen LogP contribution in [0.2, 0.25) is 0 Å². The summed E-state index contributed by atoms with van der Waals surface area (Å²) >= 11 is 0. The highest BCUT2D eigenvalue weighted by molar-refractivity contribution is 5.43. The fraction of sp³-hybridized carbons (Fsp3) is 0.333. The Hall–Kier alpha value is -2.04. The third-order valence-corrected chi connectivity index (χ3v) is 3.28. The molecule has 0 saturated carbocycles. The van der Waals surface area contributed by atoms with Gasteiger partial charge in [0.1, 0.15) is 6.61 Å². The smallest absolute Gasteiger partial charge is 0.161 e. The molecule has 0 aliphatic rings. The molecule has 0 heterocycles. The quantitative estimate of drug-likeness (QED) is 0.723. The van der Waals surface area contributed by atoms with E-state index in [1.807, 2.05) is 48.5 Å². The summed E-state index contributed by atoms with van der Waals surface area (Å²) in [6.45, 7) is 2.84. The van der Waals surface area contributed by atoms with E-state index in [2.05, 4.69) is 5.32 Å². The van der Waals surface area contributed by atoms with Gasteiger partial charge >= 0.3 is 0 Å². The first-order valence-corrected chi connectivity index (χ1v) is 7.37. The van der Waals surface area contributed by atoms with Gasteiger partial charge in [0, 0.05) is 20.2 Å². The number of methoxy groups -OCH3 is 2. The molecule has 0 radical (unpaired) electrons. The van der Waals surface area contributed by atoms with Gasteiger partial charge in [-0.2, -0.15) is 0 Å². The van der Waals surface area contributed by atoms with Crippen LogP contribution in [-0.2, 0) is 17.9 Å². The maximum Gasteiger partial charge on any atom is 0.161 e. The van der Waals surface area contributed by atoms with E-state index in [0.717, 1.165) is 35.7 Å². The number of nitrogens with one attached hydrogen (secondary N) is 1. The largest absolute Gasteiger partial charge is 0.493 e. The first-order chi connectivity index (χ1) is 10.8. The summed E-state index contributed by atoms with van der Waals surface area (Å²) in [7, 11) is 3.36. The lowest BCUT2D eigenvalue weighted by molar-refractivity contribution is 0.199. The number of ether oxygens (including phenoxy) is 3. The van der Waals surface area contributed by atoms with Crippen molar-refractivity contribution < 1.29 is 14.2 Å². The molecule has 2 rings (SSSR count). The Morgan fingerprint density at radius 1 is 0.909 bits per heavy atom. The van der Waals surface area contributed by atoms with Gasteiger partial charge in [-0.3, -0.25) is 0 Å². The molecular formula is C18H23NO3. The molecule has 2 aromatic carbocycles. The fourth-order valence-electron chi connectivity index (χ4n) is 2.08. The first-order valence-electron chi connectivity index (χ1n) is 7.37. The van der Waals surface area contributed by atoms with E-state index in [1.165, 1.54) is 0 Å². The van der Waals surface area contributed by atoms with Crippen LogP contribution in [0.15, 0.2) is 48.5 Å². The topological polar surface area (TPSA) is 39.7 Å².